The van der Waals surface area contributed by atoms with Gasteiger partial charge in [-0.05, 0) is 130 Å². The van der Waals surface area contributed by atoms with Crippen LogP contribution in [0.5, 0.6) is 0 Å². The zero-order chi connectivity index (χ0) is 39.3. The topological polar surface area (TPSA) is 6.48 Å². The van der Waals surface area contributed by atoms with Crippen LogP contribution in [0.25, 0.3) is 33.4 Å². The fourth-order valence-corrected chi connectivity index (χ4v) is 9.46. The summed E-state index contributed by atoms with van der Waals surface area (Å²) in [6.07, 6.45) is 5.85. The van der Waals surface area contributed by atoms with Crippen molar-refractivity contribution in [2.45, 2.75) is 71.6 Å². The third-order valence-electron chi connectivity index (χ3n) is 12.6. The number of benzene rings is 7. The highest BCUT2D eigenvalue weighted by atomic mass is 15.1. The third-order valence-corrected chi connectivity index (χ3v) is 12.6. The van der Waals surface area contributed by atoms with Crippen LogP contribution in [0.1, 0.15) is 83.1 Å². The molecule has 2 heteroatoms. The summed E-state index contributed by atoms with van der Waals surface area (Å²) >= 11 is 0. The quantitative estimate of drug-likeness (QED) is 0.129. The molecule has 0 aliphatic heterocycles. The van der Waals surface area contributed by atoms with E-state index < -0.39 is 0 Å². The molecule has 2 nitrogen and oxygen atoms in total. The molecule has 0 saturated heterocycles. The van der Waals surface area contributed by atoms with Crippen LogP contribution in [-0.4, -0.2) is 0 Å². The van der Waals surface area contributed by atoms with Crippen LogP contribution in [0.3, 0.4) is 0 Å². The van der Waals surface area contributed by atoms with Gasteiger partial charge in [0.05, 0.1) is 0 Å². The minimum absolute atomic E-state index is 0.0530. The number of fused-ring (bicyclic) bond motifs is 6. The molecule has 0 unspecified atom stereocenters. The fraction of sp³-hybridized carbons (Fsp3) is 0.200. The molecule has 0 aromatic heterocycles. The molecule has 0 bridgehead atoms. The number of nitrogens with zero attached hydrogens (tertiary/aromatic N) is 2. The van der Waals surface area contributed by atoms with Crippen molar-refractivity contribution in [1.82, 2.24) is 0 Å². The Hall–Kier alpha value is -6.12. The van der Waals surface area contributed by atoms with Gasteiger partial charge in [-0.15, -0.1) is 0 Å². The molecule has 57 heavy (non-hydrogen) atoms. The molecule has 9 rings (SSSR count). The first-order chi connectivity index (χ1) is 27.7. The number of para-hydroxylation sites is 1. The molecular weight excluding hydrogens is 689 g/mol. The summed E-state index contributed by atoms with van der Waals surface area (Å²) in [6.45, 7) is 13.9. The minimum atomic E-state index is -0.0667. The summed E-state index contributed by atoms with van der Waals surface area (Å²) in [7, 11) is 0. The van der Waals surface area contributed by atoms with E-state index in [2.05, 4.69) is 221 Å². The normalized spacial score (nSPS) is 14.4. The lowest BCUT2D eigenvalue weighted by Gasteiger charge is -2.29. The predicted octanol–water partition coefficient (Wildman–Crippen LogP) is 15.7. The highest BCUT2D eigenvalue weighted by molar-refractivity contribution is 5.87. The van der Waals surface area contributed by atoms with Crippen molar-refractivity contribution in [1.29, 1.82) is 0 Å². The average Bonchev–Trinajstić information content (AvgIpc) is 3.61. The molecule has 282 valence electrons. The lowest BCUT2D eigenvalue weighted by atomic mass is 9.82. The summed E-state index contributed by atoms with van der Waals surface area (Å²) < 4.78 is 0. The fourth-order valence-electron chi connectivity index (χ4n) is 9.46. The summed E-state index contributed by atoms with van der Waals surface area (Å²) in [5, 5.41) is 0. The molecule has 2 aliphatic rings. The van der Waals surface area contributed by atoms with E-state index in [0.29, 0.717) is 0 Å². The number of rotatable bonds is 10. The molecular formula is C55H52N2. The highest BCUT2D eigenvalue weighted by Crippen LogP contribution is 2.52. The second-order valence-corrected chi connectivity index (χ2v) is 16.9. The van der Waals surface area contributed by atoms with Gasteiger partial charge >= 0.3 is 0 Å². The molecule has 0 fully saturated rings. The Labute approximate surface area is 339 Å². The van der Waals surface area contributed by atoms with Crippen LogP contribution in [0.15, 0.2) is 176 Å². The molecule has 0 spiro atoms. The van der Waals surface area contributed by atoms with E-state index in [1.807, 2.05) is 0 Å². The van der Waals surface area contributed by atoms with E-state index >= 15 is 0 Å². The molecule has 0 atom stereocenters. The van der Waals surface area contributed by atoms with E-state index in [9.17, 15) is 0 Å². The summed E-state index contributed by atoms with van der Waals surface area (Å²) in [4.78, 5) is 4.82. The molecule has 0 saturated carbocycles. The van der Waals surface area contributed by atoms with Gasteiger partial charge in [-0.2, -0.15) is 0 Å². The van der Waals surface area contributed by atoms with Gasteiger partial charge in [0.1, 0.15) is 0 Å². The molecule has 7 aromatic carbocycles. The Kier molecular flexibility index (Phi) is 9.24. The monoisotopic (exact) mass is 740 g/mol. The average molecular weight is 741 g/mol. The molecule has 0 radical (unpaired) electrons. The third kappa shape index (κ3) is 6.29. The van der Waals surface area contributed by atoms with Crippen LogP contribution in [0.4, 0.5) is 28.4 Å². The SMILES string of the molecule is CCCC/C=C(\C)N(c1ccc(-c2ccc(N(c3ccccc3)c3ccc4c(c3)C(C)(C)c3ccccc3-4)cc2)cc1)c1ccc2c(c1)C(C)(C)c1ccccc1-2. The first kappa shape index (κ1) is 36.5. The van der Waals surface area contributed by atoms with Gasteiger partial charge in [-0.25, -0.2) is 0 Å². The van der Waals surface area contributed by atoms with Crippen LogP contribution in [0, 0.1) is 0 Å². The van der Waals surface area contributed by atoms with Crippen molar-refractivity contribution in [2.75, 3.05) is 9.80 Å². The van der Waals surface area contributed by atoms with Gasteiger partial charge in [0.25, 0.3) is 0 Å². The van der Waals surface area contributed by atoms with Crippen molar-refractivity contribution >= 4 is 28.4 Å². The number of unbranched alkanes of at least 4 members (excludes halogenated alkanes) is 2. The summed E-state index contributed by atoms with van der Waals surface area (Å²) in [6, 6.07) is 60.7. The van der Waals surface area contributed by atoms with Crippen LogP contribution < -0.4 is 9.80 Å². The zero-order valence-corrected chi connectivity index (χ0v) is 34.2. The van der Waals surface area contributed by atoms with Crippen molar-refractivity contribution < 1.29 is 0 Å². The number of hydrogen-bond acceptors (Lipinski definition) is 2. The van der Waals surface area contributed by atoms with Gasteiger partial charge in [0.2, 0.25) is 0 Å². The second kappa shape index (κ2) is 14.4. The maximum absolute atomic E-state index is 2.44. The summed E-state index contributed by atoms with van der Waals surface area (Å²) in [5.41, 5.74) is 20.3. The van der Waals surface area contributed by atoms with Gasteiger partial charge in [0.15, 0.2) is 0 Å². The van der Waals surface area contributed by atoms with Gasteiger partial charge in [-0.1, -0.05) is 157 Å². The zero-order valence-electron chi connectivity index (χ0n) is 34.2. The largest absolute Gasteiger partial charge is 0.315 e. The van der Waals surface area contributed by atoms with E-state index in [1.54, 1.807) is 0 Å². The second-order valence-electron chi connectivity index (χ2n) is 16.9. The smallest absolute Gasteiger partial charge is 0.0465 e. The van der Waals surface area contributed by atoms with Crippen molar-refractivity contribution in [2.24, 2.45) is 0 Å². The van der Waals surface area contributed by atoms with E-state index in [-0.39, 0.29) is 10.8 Å². The Morgan fingerprint density at radius 3 is 1.46 bits per heavy atom. The first-order valence-electron chi connectivity index (χ1n) is 20.7. The molecule has 2 aliphatic carbocycles. The molecule has 0 heterocycles. The van der Waals surface area contributed by atoms with Crippen LogP contribution in [0.2, 0.25) is 0 Å². The van der Waals surface area contributed by atoms with Crippen molar-refractivity contribution in [3.63, 3.8) is 0 Å². The Morgan fingerprint density at radius 2 is 0.895 bits per heavy atom. The Morgan fingerprint density at radius 1 is 0.456 bits per heavy atom. The first-order valence-corrected chi connectivity index (χ1v) is 20.7. The maximum atomic E-state index is 2.44. The van der Waals surface area contributed by atoms with Gasteiger partial charge in [0, 0.05) is 45.0 Å². The molecule has 7 aromatic rings. The lowest BCUT2D eigenvalue weighted by molar-refractivity contribution is 0.660. The van der Waals surface area contributed by atoms with E-state index in [1.165, 1.54) is 91.2 Å². The minimum Gasteiger partial charge on any atom is -0.315 e. The Balaban J connectivity index is 1.04. The standard InChI is InChI=1S/C55H52N2/c1-7-8-10-17-38(2)56(44-32-34-48-46-20-13-15-22-50(46)54(3,4)52(48)36-44)42-28-24-39(25-29-42)40-26-30-43(31-27-40)57(41-18-11-9-12-19-41)45-33-35-49-47-21-14-16-23-51(47)55(5,6)53(49)37-45/h9,11-37H,7-8,10H2,1-6H3/b38-17+. The van der Waals surface area contributed by atoms with Crippen LogP contribution in [-0.2, 0) is 10.8 Å². The van der Waals surface area contributed by atoms with Crippen LogP contribution >= 0.6 is 0 Å². The number of allylic oxidation sites excluding steroid dienone is 2. The summed E-state index contributed by atoms with van der Waals surface area (Å²) in [5.74, 6) is 0. The maximum Gasteiger partial charge on any atom is 0.0465 e. The van der Waals surface area contributed by atoms with Crippen molar-refractivity contribution in [3.8, 4) is 33.4 Å². The van der Waals surface area contributed by atoms with Crippen molar-refractivity contribution in [3.05, 3.63) is 198 Å². The highest BCUT2D eigenvalue weighted by Gasteiger charge is 2.37. The van der Waals surface area contributed by atoms with Gasteiger partial charge in [-0.3, -0.25) is 0 Å². The number of hydrogen-bond donors (Lipinski definition) is 0. The lowest BCUT2D eigenvalue weighted by Crippen LogP contribution is -2.18. The van der Waals surface area contributed by atoms with E-state index in [4.69, 9.17) is 0 Å². The number of anilines is 5. The molecule has 0 N–H and O–H groups in total. The predicted molar refractivity (Wildman–Crippen MR) is 244 cm³/mol. The molecule has 0 amide bonds. The van der Waals surface area contributed by atoms with Gasteiger partial charge < -0.3 is 9.80 Å². The Bertz CT molecular complexity index is 2610. The van der Waals surface area contributed by atoms with E-state index in [0.717, 1.165) is 17.8 Å².